The van der Waals surface area contributed by atoms with Crippen LogP contribution in [-0.4, -0.2) is 30.0 Å². The van der Waals surface area contributed by atoms with Crippen LogP contribution in [0.4, 0.5) is 0 Å². The standard InChI is InChI=1S/C14H16ClN3O/c15-10-4-3-9-6-13(18-12(9)7-10)14(19)17-11-2-1-5-16-8-11/h3-4,6-7,11,16,18H,1-2,5,8H2,(H,17,19). The molecule has 2 heterocycles. The van der Waals surface area contributed by atoms with Gasteiger partial charge in [-0.2, -0.15) is 0 Å². The fourth-order valence-corrected chi connectivity index (χ4v) is 2.63. The minimum Gasteiger partial charge on any atom is -0.350 e. The van der Waals surface area contributed by atoms with E-state index in [-0.39, 0.29) is 11.9 Å². The van der Waals surface area contributed by atoms with Gasteiger partial charge in [-0.05, 0) is 37.6 Å². The molecule has 3 N–H and O–H groups in total. The minimum absolute atomic E-state index is 0.0546. The Kier molecular flexibility index (Phi) is 3.44. The van der Waals surface area contributed by atoms with E-state index < -0.39 is 0 Å². The molecule has 1 aliphatic heterocycles. The zero-order valence-corrected chi connectivity index (χ0v) is 11.3. The van der Waals surface area contributed by atoms with Crippen LogP contribution in [0.5, 0.6) is 0 Å². The maximum Gasteiger partial charge on any atom is 0.267 e. The van der Waals surface area contributed by atoms with Gasteiger partial charge < -0.3 is 15.6 Å². The molecule has 2 aromatic rings. The van der Waals surface area contributed by atoms with Crippen molar-refractivity contribution in [2.75, 3.05) is 13.1 Å². The van der Waals surface area contributed by atoms with Gasteiger partial charge in [-0.15, -0.1) is 0 Å². The van der Waals surface area contributed by atoms with Crippen molar-refractivity contribution in [1.29, 1.82) is 0 Å². The van der Waals surface area contributed by atoms with E-state index in [0.29, 0.717) is 10.7 Å². The second-order valence-electron chi connectivity index (χ2n) is 4.93. The number of H-pyrrole nitrogens is 1. The molecule has 1 aromatic carbocycles. The van der Waals surface area contributed by atoms with Crippen molar-refractivity contribution in [2.45, 2.75) is 18.9 Å². The third-order valence-corrected chi connectivity index (χ3v) is 3.70. The van der Waals surface area contributed by atoms with Crippen LogP contribution < -0.4 is 10.6 Å². The SMILES string of the molecule is O=C(NC1CCCNC1)c1cc2ccc(Cl)cc2[nH]1. The third kappa shape index (κ3) is 2.74. The Labute approximate surface area is 116 Å². The van der Waals surface area contributed by atoms with Crippen LogP contribution in [-0.2, 0) is 0 Å². The molecule has 0 radical (unpaired) electrons. The summed E-state index contributed by atoms with van der Waals surface area (Å²) in [4.78, 5) is 15.3. The Balaban J connectivity index is 1.77. The Morgan fingerprint density at radius 2 is 2.26 bits per heavy atom. The molecular weight excluding hydrogens is 262 g/mol. The highest BCUT2D eigenvalue weighted by Crippen LogP contribution is 2.20. The number of hydrogen-bond donors (Lipinski definition) is 3. The summed E-state index contributed by atoms with van der Waals surface area (Å²) in [5.41, 5.74) is 1.47. The number of amides is 1. The lowest BCUT2D eigenvalue weighted by Crippen LogP contribution is -2.45. The van der Waals surface area contributed by atoms with Crippen LogP contribution in [0.3, 0.4) is 0 Å². The largest absolute Gasteiger partial charge is 0.350 e. The van der Waals surface area contributed by atoms with Crippen molar-refractivity contribution >= 4 is 28.4 Å². The van der Waals surface area contributed by atoms with Crippen molar-refractivity contribution in [3.05, 3.63) is 35.0 Å². The van der Waals surface area contributed by atoms with Crippen molar-refractivity contribution in [3.8, 4) is 0 Å². The average Bonchev–Trinajstić information content (AvgIpc) is 2.83. The molecule has 1 aromatic heterocycles. The lowest BCUT2D eigenvalue weighted by atomic mass is 10.1. The number of halogens is 1. The molecule has 19 heavy (non-hydrogen) atoms. The van der Waals surface area contributed by atoms with Crippen LogP contribution in [0.1, 0.15) is 23.3 Å². The Bertz CT molecular complexity index is 602. The first-order valence-corrected chi connectivity index (χ1v) is 6.90. The first-order chi connectivity index (χ1) is 9.22. The molecule has 5 heteroatoms. The predicted molar refractivity (Wildman–Crippen MR) is 76.7 cm³/mol. The Morgan fingerprint density at radius 3 is 3.05 bits per heavy atom. The molecule has 100 valence electrons. The minimum atomic E-state index is -0.0546. The van der Waals surface area contributed by atoms with Crippen molar-refractivity contribution in [2.24, 2.45) is 0 Å². The molecule has 0 aliphatic carbocycles. The highest BCUT2D eigenvalue weighted by atomic mass is 35.5. The van der Waals surface area contributed by atoms with E-state index in [0.717, 1.165) is 36.8 Å². The number of carbonyl (C=O) groups excluding carboxylic acids is 1. The summed E-state index contributed by atoms with van der Waals surface area (Å²) in [7, 11) is 0. The van der Waals surface area contributed by atoms with Crippen molar-refractivity contribution in [1.82, 2.24) is 15.6 Å². The first kappa shape index (κ1) is 12.5. The fraction of sp³-hybridized carbons (Fsp3) is 0.357. The summed E-state index contributed by atoms with van der Waals surface area (Å²) < 4.78 is 0. The molecular formula is C14H16ClN3O. The van der Waals surface area contributed by atoms with Crippen LogP contribution in [0.15, 0.2) is 24.3 Å². The molecule has 1 aliphatic rings. The van der Waals surface area contributed by atoms with Gasteiger partial charge in [0.05, 0.1) is 0 Å². The molecule has 1 saturated heterocycles. The predicted octanol–water partition coefficient (Wildman–Crippen LogP) is 2.30. The topological polar surface area (TPSA) is 56.9 Å². The summed E-state index contributed by atoms with van der Waals surface area (Å²) in [5, 5.41) is 7.99. The quantitative estimate of drug-likeness (QED) is 0.789. The number of piperidine rings is 1. The van der Waals surface area contributed by atoms with Crippen LogP contribution in [0, 0.1) is 0 Å². The molecule has 1 atom stereocenters. The fourth-order valence-electron chi connectivity index (χ4n) is 2.46. The van der Waals surface area contributed by atoms with Gasteiger partial charge in [0.2, 0.25) is 0 Å². The van der Waals surface area contributed by atoms with Gasteiger partial charge in [0, 0.05) is 28.5 Å². The van der Waals surface area contributed by atoms with Crippen LogP contribution in [0.25, 0.3) is 10.9 Å². The zero-order valence-electron chi connectivity index (χ0n) is 10.5. The summed E-state index contributed by atoms with van der Waals surface area (Å²) in [6.45, 7) is 1.88. The molecule has 0 spiro atoms. The maximum atomic E-state index is 12.2. The molecule has 0 saturated carbocycles. The van der Waals surface area contributed by atoms with Crippen molar-refractivity contribution < 1.29 is 4.79 Å². The monoisotopic (exact) mass is 277 g/mol. The maximum absolute atomic E-state index is 12.2. The highest BCUT2D eigenvalue weighted by molar-refractivity contribution is 6.31. The van der Waals surface area contributed by atoms with E-state index in [4.69, 9.17) is 11.6 Å². The highest BCUT2D eigenvalue weighted by Gasteiger charge is 2.17. The van der Waals surface area contributed by atoms with Gasteiger partial charge >= 0.3 is 0 Å². The molecule has 1 unspecified atom stereocenters. The van der Waals surface area contributed by atoms with E-state index in [1.165, 1.54) is 0 Å². The number of hydrogen-bond acceptors (Lipinski definition) is 2. The average molecular weight is 278 g/mol. The van der Waals surface area contributed by atoms with E-state index in [2.05, 4.69) is 15.6 Å². The summed E-state index contributed by atoms with van der Waals surface area (Å²) in [6, 6.07) is 7.64. The number of benzene rings is 1. The van der Waals surface area contributed by atoms with Gasteiger partial charge in [0.25, 0.3) is 5.91 Å². The molecule has 4 nitrogen and oxygen atoms in total. The summed E-state index contributed by atoms with van der Waals surface area (Å²) in [6.07, 6.45) is 2.14. The number of aromatic amines is 1. The number of aromatic nitrogens is 1. The molecule has 1 fully saturated rings. The number of rotatable bonds is 2. The van der Waals surface area contributed by atoms with Gasteiger partial charge in [-0.1, -0.05) is 17.7 Å². The van der Waals surface area contributed by atoms with Crippen molar-refractivity contribution in [3.63, 3.8) is 0 Å². The molecule has 3 rings (SSSR count). The van der Waals surface area contributed by atoms with Gasteiger partial charge in [-0.3, -0.25) is 4.79 Å². The normalized spacial score (nSPS) is 19.5. The Hall–Kier alpha value is -1.52. The second-order valence-corrected chi connectivity index (χ2v) is 5.37. The van der Waals surface area contributed by atoms with E-state index >= 15 is 0 Å². The summed E-state index contributed by atoms with van der Waals surface area (Å²) in [5.74, 6) is -0.0546. The molecule has 1 amide bonds. The lowest BCUT2D eigenvalue weighted by molar-refractivity contribution is 0.0926. The first-order valence-electron chi connectivity index (χ1n) is 6.52. The lowest BCUT2D eigenvalue weighted by Gasteiger charge is -2.23. The van der Waals surface area contributed by atoms with E-state index in [9.17, 15) is 4.79 Å². The Morgan fingerprint density at radius 1 is 1.37 bits per heavy atom. The van der Waals surface area contributed by atoms with Gasteiger partial charge in [0.15, 0.2) is 0 Å². The van der Waals surface area contributed by atoms with E-state index in [1.807, 2.05) is 24.3 Å². The van der Waals surface area contributed by atoms with Crippen LogP contribution >= 0.6 is 11.6 Å². The van der Waals surface area contributed by atoms with Gasteiger partial charge in [0.1, 0.15) is 5.69 Å². The van der Waals surface area contributed by atoms with E-state index in [1.54, 1.807) is 0 Å². The van der Waals surface area contributed by atoms with Gasteiger partial charge in [-0.25, -0.2) is 0 Å². The smallest absolute Gasteiger partial charge is 0.267 e. The zero-order chi connectivity index (χ0) is 13.2. The number of carbonyl (C=O) groups is 1. The summed E-state index contributed by atoms with van der Waals surface area (Å²) >= 11 is 5.93. The third-order valence-electron chi connectivity index (χ3n) is 3.46. The van der Waals surface area contributed by atoms with Crippen LogP contribution in [0.2, 0.25) is 5.02 Å². The number of nitrogens with one attached hydrogen (secondary N) is 3. The molecule has 0 bridgehead atoms. The number of fused-ring (bicyclic) bond motifs is 1. The second kappa shape index (κ2) is 5.23.